The predicted molar refractivity (Wildman–Crippen MR) is 96.4 cm³/mol. The normalized spacial score (nSPS) is 11.0. The molecule has 1 amide bonds. The van der Waals surface area contributed by atoms with E-state index in [1.807, 2.05) is 12.1 Å². The van der Waals surface area contributed by atoms with Crippen molar-refractivity contribution < 1.29 is 4.79 Å². The summed E-state index contributed by atoms with van der Waals surface area (Å²) in [6.07, 6.45) is 0. The van der Waals surface area contributed by atoms with E-state index in [2.05, 4.69) is 65.4 Å². The molecule has 0 heterocycles. The fourth-order valence-corrected chi connectivity index (χ4v) is 3.12. The van der Waals surface area contributed by atoms with Crippen molar-refractivity contribution in [1.82, 2.24) is 5.43 Å². The van der Waals surface area contributed by atoms with Crippen molar-refractivity contribution >= 4 is 43.9 Å². The lowest BCUT2D eigenvalue weighted by molar-refractivity contribution is -0.118. The lowest BCUT2D eigenvalue weighted by atomic mass is 9.96. The minimum atomic E-state index is -0.117. The van der Waals surface area contributed by atoms with Crippen molar-refractivity contribution in [2.45, 2.75) is 6.92 Å². The summed E-state index contributed by atoms with van der Waals surface area (Å²) < 4.78 is 0. The Bertz CT molecular complexity index is 1050. The molecule has 3 heteroatoms. The molecule has 0 spiro atoms. The maximum atomic E-state index is 11.1. The second-order valence-electron chi connectivity index (χ2n) is 5.65. The first-order chi connectivity index (χ1) is 11.2. The van der Waals surface area contributed by atoms with E-state index in [1.165, 1.54) is 33.9 Å². The molecule has 0 aromatic heterocycles. The Hall–Kier alpha value is -3.07. The summed E-state index contributed by atoms with van der Waals surface area (Å²) in [5.74, 6) is -0.117. The van der Waals surface area contributed by atoms with Crippen molar-refractivity contribution in [3.05, 3.63) is 66.7 Å². The highest BCUT2D eigenvalue weighted by Gasteiger charge is 2.07. The van der Waals surface area contributed by atoms with E-state index in [0.717, 1.165) is 11.1 Å². The van der Waals surface area contributed by atoms with Crippen LogP contribution in [0.2, 0.25) is 0 Å². The summed E-state index contributed by atoms with van der Waals surface area (Å²) in [6, 6.07) is 23.1. The SMILES string of the molecule is CC(=O)NNc1cccc2c1ccc1c3ccccc3ccc21. The van der Waals surface area contributed by atoms with Crippen molar-refractivity contribution in [3.63, 3.8) is 0 Å². The first-order valence-corrected chi connectivity index (χ1v) is 7.60. The number of hydrogen-bond acceptors (Lipinski definition) is 2. The van der Waals surface area contributed by atoms with E-state index in [1.54, 1.807) is 0 Å². The van der Waals surface area contributed by atoms with Gasteiger partial charge in [-0.3, -0.25) is 15.6 Å². The highest BCUT2D eigenvalue weighted by molar-refractivity contribution is 6.19. The van der Waals surface area contributed by atoms with Crippen LogP contribution in [0.3, 0.4) is 0 Å². The molecular weight excluding hydrogens is 284 g/mol. The van der Waals surface area contributed by atoms with Crippen LogP contribution in [0.4, 0.5) is 5.69 Å². The van der Waals surface area contributed by atoms with Crippen LogP contribution in [0.25, 0.3) is 32.3 Å². The molecule has 0 aliphatic carbocycles. The third-order valence-electron chi connectivity index (χ3n) is 4.16. The molecule has 0 aliphatic heterocycles. The van der Waals surface area contributed by atoms with Gasteiger partial charge in [0, 0.05) is 12.3 Å². The van der Waals surface area contributed by atoms with Crippen LogP contribution >= 0.6 is 0 Å². The molecule has 112 valence electrons. The molecular formula is C20H16N2O. The standard InChI is InChI=1S/C20H16N2O/c1-13(23)21-22-20-8-4-7-16-18-10-9-14-5-2-3-6-15(14)17(18)11-12-19(16)20/h2-12,22H,1H3,(H,21,23). The summed E-state index contributed by atoms with van der Waals surface area (Å²) in [5.41, 5.74) is 6.53. The van der Waals surface area contributed by atoms with Gasteiger partial charge in [-0.1, -0.05) is 60.7 Å². The van der Waals surface area contributed by atoms with Crippen LogP contribution < -0.4 is 10.9 Å². The molecule has 0 radical (unpaired) electrons. The van der Waals surface area contributed by atoms with Gasteiger partial charge < -0.3 is 0 Å². The van der Waals surface area contributed by atoms with E-state index in [4.69, 9.17) is 0 Å². The largest absolute Gasteiger partial charge is 0.298 e. The fraction of sp³-hybridized carbons (Fsp3) is 0.0500. The number of benzene rings is 4. The van der Waals surface area contributed by atoms with E-state index in [-0.39, 0.29) is 5.91 Å². The average molecular weight is 300 g/mol. The Labute approximate surface area is 133 Å². The monoisotopic (exact) mass is 300 g/mol. The zero-order valence-electron chi connectivity index (χ0n) is 12.8. The van der Waals surface area contributed by atoms with Gasteiger partial charge in [0.2, 0.25) is 5.91 Å². The van der Waals surface area contributed by atoms with Crippen LogP contribution in [0.1, 0.15) is 6.92 Å². The molecule has 23 heavy (non-hydrogen) atoms. The van der Waals surface area contributed by atoms with Crippen molar-refractivity contribution in [2.24, 2.45) is 0 Å². The molecule has 0 unspecified atom stereocenters. The minimum Gasteiger partial charge on any atom is -0.298 e. The molecule has 0 atom stereocenters. The van der Waals surface area contributed by atoms with Gasteiger partial charge in [-0.05, 0) is 33.0 Å². The van der Waals surface area contributed by atoms with Gasteiger partial charge in [0.15, 0.2) is 0 Å². The first-order valence-electron chi connectivity index (χ1n) is 7.60. The van der Waals surface area contributed by atoms with Gasteiger partial charge in [0.1, 0.15) is 0 Å². The maximum Gasteiger partial charge on any atom is 0.235 e. The molecule has 4 aromatic carbocycles. The highest BCUT2D eigenvalue weighted by Crippen LogP contribution is 2.33. The first kappa shape index (κ1) is 13.6. The van der Waals surface area contributed by atoms with Gasteiger partial charge in [-0.2, -0.15) is 0 Å². The lowest BCUT2D eigenvalue weighted by Gasteiger charge is -2.12. The second kappa shape index (κ2) is 5.29. The van der Waals surface area contributed by atoms with Crippen LogP contribution in [0.15, 0.2) is 66.7 Å². The summed E-state index contributed by atoms with van der Waals surface area (Å²) >= 11 is 0. The summed E-state index contributed by atoms with van der Waals surface area (Å²) in [4.78, 5) is 11.1. The Kier molecular flexibility index (Phi) is 3.12. The number of hydrogen-bond donors (Lipinski definition) is 2. The number of carbonyl (C=O) groups excluding carboxylic acids is 1. The quantitative estimate of drug-likeness (QED) is 0.419. The van der Waals surface area contributed by atoms with Crippen LogP contribution in [-0.4, -0.2) is 5.91 Å². The number of carbonyl (C=O) groups is 1. The third-order valence-corrected chi connectivity index (χ3v) is 4.16. The summed E-state index contributed by atoms with van der Waals surface area (Å²) in [7, 11) is 0. The van der Waals surface area contributed by atoms with Crippen molar-refractivity contribution in [2.75, 3.05) is 5.43 Å². The lowest BCUT2D eigenvalue weighted by Crippen LogP contribution is -2.26. The number of nitrogens with one attached hydrogen (secondary N) is 2. The number of rotatable bonds is 2. The molecule has 0 bridgehead atoms. The van der Waals surface area contributed by atoms with Gasteiger partial charge in [-0.15, -0.1) is 0 Å². The molecule has 0 fully saturated rings. The van der Waals surface area contributed by atoms with Gasteiger partial charge >= 0.3 is 0 Å². The highest BCUT2D eigenvalue weighted by atomic mass is 16.2. The van der Waals surface area contributed by atoms with Crippen LogP contribution in [0, 0.1) is 0 Å². The molecule has 0 aliphatic rings. The number of amides is 1. The van der Waals surface area contributed by atoms with Gasteiger partial charge in [-0.25, -0.2) is 0 Å². The fourth-order valence-electron chi connectivity index (χ4n) is 3.12. The van der Waals surface area contributed by atoms with E-state index in [0.29, 0.717) is 0 Å². The molecule has 0 saturated heterocycles. The molecule has 0 saturated carbocycles. The third kappa shape index (κ3) is 2.27. The number of fused-ring (bicyclic) bond motifs is 5. The Morgan fingerprint density at radius 2 is 1.35 bits per heavy atom. The number of hydrazine groups is 1. The molecule has 3 nitrogen and oxygen atoms in total. The Morgan fingerprint density at radius 1 is 0.696 bits per heavy atom. The zero-order valence-corrected chi connectivity index (χ0v) is 12.8. The predicted octanol–water partition coefficient (Wildman–Crippen LogP) is 4.61. The average Bonchev–Trinajstić information content (AvgIpc) is 2.59. The van der Waals surface area contributed by atoms with Crippen LogP contribution in [-0.2, 0) is 4.79 Å². The summed E-state index contributed by atoms with van der Waals surface area (Å²) in [6.45, 7) is 1.49. The molecule has 4 rings (SSSR count). The van der Waals surface area contributed by atoms with E-state index in [9.17, 15) is 4.79 Å². The topological polar surface area (TPSA) is 41.1 Å². The van der Waals surface area contributed by atoms with Crippen molar-refractivity contribution in [1.29, 1.82) is 0 Å². The van der Waals surface area contributed by atoms with Crippen LogP contribution in [0.5, 0.6) is 0 Å². The van der Waals surface area contributed by atoms with Crippen molar-refractivity contribution in [3.8, 4) is 0 Å². The maximum absolute atomic E-state index is 11.1. The second-order valence-corrected chi connectivity index (χ2v) is 5.65. The minimum absolute atomic E-state index is 0.117. The Morgan fingerprint density at radius 3 is 2.22 bits per heavy atom. The van der Waals surface area contributed by atoms with Gasteiger partial charge in [0.05, 0.1) is 5.69 Å². The van der Waals surface area contributed by atoms with Gasteiger partial charge in [0.25, 0.3) is 0 Å². The van der Waals surface area contributed by atoms with E-state index >= 15 is 0 Å². The molecule has 2 N–H and O–H groups in total. The van der Waals surface area contributed by atoms with E-state index < -0.39 is 0 Å². The number of anilines is 1. The molecule has 4 aromatic rings. The smallest absolute Gasteiger partial charge is 0.235 e. The summed E-state index contributed by atoms with van der Waals surface area (Å²) in [5, 5.41) is 7.21. The zero-order chi connectivity index (χ0) is 15.8. The Balaban J connectivity index is 2.00.